The van der Waals surface area contributed by atoms with Crippen LogP contribution in [-0.4, -0.2) is 31.2 Å². The SMILES string of the molecule is COc1ccc(OC(C)C(=O)OC(C)C(=O)Nc2cc(Cl)ccc2Cl)cc1. The average molecular weight is 412 g/mol. The van der Waals surface area contributed by atoms with Crippen LogP contribution < -0.4 is 14.8 Å². The molecule has 2 unspecified atom stereocenters. The highest BCUT2D eigenvalue weighted by Gasteiger charge is 2.23. The predicted octanol–water partition coefficient (Wildman–Crippen LogP) is 4.34. The molecule has 6 nitrogen and oxygen atoms in total. The maximum Gasteiger partial charge on any atom is 0.347 e. The third-order valence-corrected chi connectivity index (χ3v) is 4.12. The first-order chi connectivity index (χ1) is 12.8. The highest BCUT2D eigenvalue weighted by atomic mass is 35.5. The number of ether oxygens (including phenoxy) is 3. The van der Waals surface area contributed by atoms with Crippen LogP contribution in [0.25, 0.3) is 0 Å². The molecule has 2 atom stereocenters. The van der Waals surface area contributed by atoms with Gasteiger partial charge in [-0.25, -0.2) is 4.79 Å². The van der Waals surface area contributed by atoms with Crippen LogP contribution >= 0.6 is 23.2 Å². The molecule has 0 aliphatic rings. The van der Waals surface area contributed by atoms with Crippen molar-refractivity contribution in [3.8, 4) is 11.5 Å². The summed E-state index contributed by atoms with van der Waals surface area (Å²) in [7, 11) is 1.55. The number of anilines is 1. The van der Waals surface area contributed by atoms with Gasteiger partial charge in [0.05, 0.1) is 17.8 Å². The summed E-state index contributed by atoms with van der Waals surface area (Å²) in [6, 6.07) is 11.4. The van der Waals surface area contributed by atoms with Gasteiger partial charge in [-0.05, 0) is 56.3 Å². The maximum atomic E-state index is 12.2. The summed E-state index contributed by atoms with van der Waals surface area (Å²) in [4.78, 5) is 24.4. The molecule has 1 N–H and O–H groups in total. The molecule has 1 amide bonds. The monoisotopic (exact) mass is 411 g/mol. The molecular formula is C19H19Cl2NO5. The normalized spacial score (nSPS) is 12.6. The van der Waals surface area contributed by atoms with Crippen molar-refractivity contribution in [2.45, 2.75) is 26.1 Å². The lowest BCUT2D eigenvalue weighted by molar-refractivity contribution is -0.159. The second-order valence-corrected chi connectivity index (χ2v) is 6.47. The van der Waals surface area contributed by atoms with E-state index < -0.39 is 24.1 Å². The summed E-state index contributed by atoms with van der Waals surface area (Å²) < 4.78 is 15.7. The molecule has 0 aliphatic carbocycles. The van der Waals surface area contributed by atoms with Crippen molar-refractivity contribution >= 4 is 40.8 Å². The Morgan fingerprint density at radius 2 is 1.59 bits per heavy atom. The molecule has 2 aromatic rings. The van der Waals surface area contributed by atoms with Crippen LogP contribution in [0.4, 0.5) is 5.69 Å². The van der Waals surface area contributed by atoms with E-state index in [1.807, 2.05) is 0 Å². The van der Waals surface area contributed by atoms with E-state index in [-0.39, 0.29) is 0 Å². The number of amides is 1. The van der Waals surface area contributed by atoms with Gasteiger partial charge in [-0.3, -0.25) is 4.79 Å². The number of carbonyl (C=O) groups is 2. The Labute approximate surface area is 167 Å². The fraction of sp³-hybridized carbons (Fsp3) is 0.263. The highest BCUT2D eigenvalue weighted by Crippen LogP contribution is 2.25. The summed E-state index contributed by atoms with van der Waals surface area (Å²) in [5, 5.41) is 3.31. The Morgan fingerprint density at radius 1 is 0.963 bits per heavy atom. The molecule has 0 saturated carbocycles. The Balaban J connectivity index is 1.90. The number of halogens is 2. The zero-order valence-corrected chi connectivity index (χ0v) is 16.5. The number of methoxy groups -OCH3 is 1. The smallest absolute Gasteiger partial charge is 0.347 e. The minimum Gasteiger partial charge on any atom is -0.497 e. The van der Waals surface area contributed by atoms with Gasteiger partial charge in [-0.15, -0.1) is 0 Å². The van der Waals surface area contributed by atoms with Crippen LogP contribution in [0.1, 0.15) is 13.8 Å². The van der Waals surface area contributed by atoms with Crippen LogP contribution in [0, 0.1) is 0 Å². The van der Waals surface area contributed by atoms with Gasteiger partial charge >= 0.3 is 5.97 Å². The average Bonchev–Trinajstić information content (AvgIpc) is 2.65. The largest absolute Gasteiger partial charge is 0.497 e. The molecular weight excluding hydrogens is 393 g/mol. The van der Waals surface area contributed by atoms with Gasteiger partial charge in [0.2, 0.25) is 0 Å². The molecule has 8 heteroatoms. The quantitative estimate of drug-likeness (QED) is 0.685. The van der Waals surface area contributed by atoms with Gasteiger partial charge < -0.3 is 19.5 Å². The van der Waals surface area contributed by atoms with E-state index >= 15 is 0 Å². The van der Waals surface area contributed by atoms with Gasteiger partial charge in [0.15, 0.2) is 12.2 Å². The number of esters is 1. The number of nitrogens with one attached hydrogen (secondary N) is 1. The fourth-order valence-electron chi connectivity index (χ4n) is 2.06. The number of hydrogen-bond donors (Lipinski definition) is 1. The number of benzene rings is 2. The van der Waals surface area contributed by atoms with Crippen LogP contribution in [0.3, 0.4) is 0 Å². The lowest BCUT2D eigenvalue weighted by Crippen LogP contribution is -2.35. The molecule has 2 rings (SSSR count). The lowest BCUT2D eigenvalue weighted by atomic mass is 10.3. The van der Waals surface area contributed by atoms with Crippen LogP contribution in [0.5, 0.6) is 11.5 Å². The van der Waals surface area contributed by atoms with Crippen LogP contribution in [0.15, 0.2) is 42.5 Å². The number of hydrogen-bond acceptors (Lipinski definition) is 5. The molecule has 0 radical (unpaired) electrons. The minimum absolute atomic E-state index is 0.322. The Bertz CT molecular complexity index is 810. The van der Waals surface area contributed by atoms with Crippen molar-refractivity contribution in [2.75, 3.05) is 12.4 Å². The van der Waals surface area contributed by atoms with Crippen molar-refractivity contribution in [3.05, 3.63) is 52.5 Å². The first kappa shape index (κ1) is 20.9. The van der Waals surface area contributed by atoms with Crippen molar-refractivity contribution in [1.29, 1.82) is 0 Å². The third-order valence-electron chi connectivity index (χ3n) is 3.55. The molecule has 0 spiro atoms. The Hall–Kier alpha value is -2.44. The standard InChI is InChI=1S/C19H19Cl2NO5/c1-11(18(23)22-17-10-13(20)4-9-16(17)21)27-19(24)12(2)26-15-7-5-14(25-3)6-8-15/h4-12H,1-3H3,(H,22,23). The molecule has 144 valence electrons. The van der Waals surface area contributed by atoms with E-state index in [1.165, 1.54) is 19.9 Å². The van der Waals surface area contributed by atoms with E-state index in [1.54, 1.807) is 43.5 Å². The van der Waals surface area contributed by atoms with E-state index in [4.69, 9.17) is 37.4 Å². The summed E-state index contributed by atoms with van der Waals surface area (Å²) >= 11 is 11.9. The minimum atomic E-state index is -1.05. The highest BCUT2D eigenvalue weighted by molar-refractivity contribution is 6.35. The fourth-order valence-corrected chi connectivity index (χ4v) is 2.39. The number of carbonyl (C=O) groups excluding carboxylic acids is 2. The topological polar surface area (TPSA) is 73.9 Å². The maximum absolute atomic E-state index is 12.2. The van der Waals surface area contributed by atoms with Gasteiger partial charge in [0.25, 0.3) is 5.91 Å². The van der Waals surface area contributed by atoms with E-state index in [9.17, 15) is 9.59 Å². The predicted molar refractivity (Wildman–Crippen MR) is 104 cm³/mol. The van der Waals surface area contributed by atoms with Gasteiger partial charge in [-0.1, -0.05) is 23.2 Å². The molecule has 27 heavy (non-hydrogen) atoms. The Kier molecular flexibility index (Phi) is 7.33. The number of rotatable bonds is 7. The van der Waals surface area contributed by atoms with Crippen molar-refractivity contribution in [2.24, 2.45) is 0 Å². The third kappa shape index (κ3) is 6.05. The first-order valence-corrected chi connectivity index (χ1v) is 8.83. The van der Waals surface area contributed by atoms with Crippen molar-refractivity contribution in [1.82, 2.24) is 0 Å². The molecule has 0 saturated heterocycles. The molecule has 0 fully saturated rings. The first-order valence-electron chi connectivity index (χ1n) is 8.07. The van der Waals surface area contributed by atoms with Crippen LogP contribution in [0.2, 0.25) is 10.0 Å². The molecule has 0 aromatic heterocycles. The van der Waals surface area contributed by atoms with E-state index in [0.29, 0.717) is 27.2 Å². The summed E-state index contributed by atoms with van der Waals surface area (Å²) in [6.45, 7) is 2.98. The van der Waals surface area contributed by atoms with Crippen molar-refractivity contribution in [3.63, 3.8) is 0 Å². The zero-order valence-electron chi connectivity index (χ0n) is 15.0. The van der Waals surface area contributed by atoms with Gasteiger partial charge in [0.1, 0.15) is 11.5 Å². The summed E-state index contributed by atoms with van der Waals surface area (Å²) in [5.41, 5.74) is 0.333. The molecule has 2 aromatic carbocycles. The van der Waals surface area contributed by atoms with Gasteiger partial charge in [0, 0.05) is 5.02 Å². The molecule has 0 bridgehead atoms. The second kappa shape index (κ2) is 9.48. The Morgan fingerprint density at radius 3 is 2.22 bits per heavy atom. The zero-order chi connectivity index (χ0) is 20.0. The second-order valence-electron chi connectivity index (χ2n) is 5.63. The molecule has 0 aliphatic heterocycles. The van der Waals surface area contributed by atoms with E-state index in [0.717, 1.165) is 0 Å². The van der Waals surface area contributed by atoms with E-state index in [2.05, 4.69) is 5.32 Å². The summed E-state index contributed by atoms with van der Waals surface area (Å²) in [6.07, 6.45) is -1.95. The lowest BCUT2D eigenvalue weighted by Gasteiger charge is -2.18. The molecule has 0 heterocycles. The summed E-state index contributed by atoms with van der Waals surface area (Å²) in [5.74, 6) is -0.0690. The van der Waals surface area contributed by atoms with Crippen LogP contribution in [-0.2, 0) is 14.3 Å². The van der Waals surface area contributed by atoms with Crippen molar-refractivity contribution < 1.29 is 23.8 Å². The van der Waals surface area contributed by atoms with Gasteiger partial charge in [-0.2, -0.15) is 0 Å².